The van der Waals surface area contributed by atoms with Crippen molar-refractivity contribution < 1.29 is 9.53 Å². The van der Waals surface area contributed by atoms with Gasteiger partial charge in [0.25, 0.3) is 0 Å². The molecule has 0 bridgehead atoms. The smallest absolute Gasteiger partial charge is 0.355 e. The lowest BCUT2D eigenvalue weighted by Gasteiger charge is -2.27. The molecular weight excluding hydrogens is 442 g/mol. The van der Waals surface area contributed by atoms with Crippen LogP contribution in [0.2, 0.25) is 5.02 Å². The number of para-hydroxylation sites is 1. The number of hydrogen-bond acceptors (Lipinski definition) is 6. The van der Waals surface area contributed by atoms with Gasteiger partial charge in [-0.15, -0.1) is 11.3 Å². The number of aryl methyl sites for hydroxylation is 1. The van der Waals surface area contributed by atoms with Crippen molar-refractivity contribution in [3.05, 3.63) is 75.3 Å². The molecule has 0 amide bonds. The monoisotopic (exact) mass is 463 g/mol. The van der Waals surface area contributed by atoms with Crippen molar-refractivity contribution in [3.63, 3.8) is 0 Å². The fraction of sp³-hybridized carbons (Fsp3) is 0.200. The third kappa shape index (κ3) is 3.54. The van der Waals surface area contributed by atoms with E-state index in [1.807, 2.05) is 49.4 Å². The van der Waals surface area contributed by atoms with Crippen LogP contribution in [0.4, 0.5) is 5.69 Å². The van der Waals surface area contributed by atoms with E-state index in [0.717, 1.165) is 57.7 Å². The first kappa shape index (κ1) is 20.9. The lowest BCUT2D eigenvalue weighted by Crippen LogP contribution is -2.28. The maximum absolute atomic E-state index is 13.1. The van der Waals surface area contributed by atoms with Crippen molar-refractivity contribution in [3.8, 4) is 16.9 Å². The van der Waals surface area contributed by atoms with E-state index in [1.54, 1.807) is 6.07 Å². The predicted octanol–water partition coefficient (Wildman–Crippen LogP) is 5.71. The van der Waals surface area contributed by atoms with E-state index in [4.69, 9.17) is 27.1 Å². The molecule has 0 spiro atoms. The molecule has 5 rings (SSSR count). The van der Waals surface area contributed by atoms with Crippen molar-refractivity contribution in [1.82, 2.24) is 9.88 Å². The molecule has 162 valence electrons. The average Bonchev–Trinajstić information content (AvgIpc) is 3.11. The Morgan fingerprint density at radius 2 is 1.94 bits per heavy atom. The Hall–Kier alpha value is -2.93. The van der Waals surface area contributed by atoms with E-state index in [9.17, 15) is 4.79 Å². The van der Waals surface area contributed by atoms with Gasteiger partial charge < -0.3 is 15.4 Å². The molecule has 0 fully saturated rings. The van der Waals surface area contributed by atoms with E-state index in [2.05, 4.69) is 11.9 Å². The molecule has 1 aliphatic heterocycles. The maximum Gasteiger partial charge on any atom is 0.355 e. The molecule has 1 aliphatic rings. The molecule has 0 unspecified atom stereocenters. The summed E-state index contributed by atoms with van der Waals surface area (Å²) >= 11 is 7.90. The standard InChI is InChI=1S/C25H22ClN3O2S/c1-14-7-3-6-10-19(14)31-25(30)23-22(27)21-20(15-8-4-5-9-17(15)26)16-13-29(2)12-11-18(16)28-24(21)32-23/h3-10H,11-13,27H2,1-2H3. The van der Waals surface area contributed by atoms with E-state index in [1.165, 1.54) is 11.3 Å². The summed E-state index contributed by atoms with van der Waals surface area (Å²) in [5.74, 6) is 0.0505. The molecule has 0 atom stereocenters. The molecule has 0 saturated carbocycles. The van der Waals surface area contributed by atoms with Crippen LogP contribution in [0, 0.1) is 6.92 Å². The predicted molar refractivity (Wildman–Crippen MR) is 131 cm³/mol. The summed E-state index contributed by atoms with van der Waals surface area (Å²) in [6.45, 7) is 3.58. The number of esters is 1. The topological polar surface area (TPSA) is 68.4 Å². The van der Waals surface area contributed by atoms with Crippen molar-refractivity contribution in [2.45, 2.75) is 19.9 Å². The number of likely N-dealkylation sites (N-methyl/N-ethyl adjacent to an activating group) is 1. The normalized spacial score (nSPS) is 13.8. The summed E-state index contributed by atoms with van der Waals surface area (Å²) < 4.78 is 5.68. The summed E-state index contributed by atoms with van der Waals surface area (Å²) in [4.78, 5) is 21.4. The highest BCUT2D eigenvalue weighted by Gasteiger charge is 2.28. The number of fused-ring (bicyclic) bond motifs is 2. The van der Waals surface area contributed by atoms with Gasteiger partial charge in [0.2, 0.25) is 0 Å². The van der Waals surface area contributed by atoms with Crippen molar-refractivity contribution >= 4 is 44.8 Å². The van der Waals surface area contributed by atoms with Crippen LogP contribution in [0.25, 0.3) is 21.3 Å². The molecule has 0 saturated heterocycles. The van der Waals surface area contributed by atoms with Gasteiger partial charge in [0, 0.05) is 46.7 Å². The average molecular weight is 464 g/mol. The lowest BCUT2D eigenvalue weighted by atomic mass is 9.92. The molecule has 0 aliphatic carbocycles. The first-order valence-corrected chi connectivity index (χ1v) is 11.6. The van der Waals surface area contributed by atoms with Crippen molar-refractivity contribution in [2.75, 3.05) is 19.3 Å². The quantitative estimate of drug-likeness (QED) is 0.311. The number of nitrogens with zero attached hydrogens (tertiary/aromatic N) is 2. The van der Waals surface area contributed by atoms with Crippen LogP contribution in [0.15, 0.2) is 48.5 Å². The number of rotatable bonds is 3. The Kier molecular flexibility index (Phi) is 5.37. The minimum Gasteiger partial charge on any atom is -0.422 e. The first-order valence-electron chi connectivity index (χ1n) is 10.4. The van der Waals surface area contributed by atoms with E-state index >= 15 is 0 Å². The van der Waals surface area contributed by atoms with Crippen molar-refractivity contribution in [1.29, 1.82) is 0 Å². The highest BCUT2D eigenvalue weighted by atomic mass is 35.5. The molecule has 2 N–H and O–H groups in total. The molecule has 7 heteroatoms. The van der Waals surface area contributed by atoms with E-state index in [-0.39, 0.29) is 0 Å². The number of benzene rings is 2. The van der Waals surface area contributed by atoms with Crippen LogP contribution in [0.1, 0.15) is 26.5 Å². The molecule has 3 heterocycles. The number of nitrogens with two attached hydrogens (primary N) is 1. The summed E-state index contributed by atoms with van der Waals surface area (Å²) in [7, 11) is 2.09. The number of hydrogen-bond donors (Lipinski definition) is 1. The minimum atomic E-state index is -0.472. The van der Waals surface area contributed by atoms with Gasteiger partial charge in [0.1, 0.15) is 15.5 Å². The fourth-order valence-corrected chi connectivity index (χ4v) is 5.42. The number of thiophene rings is 1. The number of ether oxygens (including phenoxy) is 1. The highest BCUT2D eigenvalue weighted by Crippen LogP contribution is 2.45. The maximum atomic E-state index is 13.1. The Morgan fingerprint density at radius 3 is 2.72 bits per heavy atom. The largest absolute Gasteiger partial charge is 0.422 e. The first-order chi connectivity index (χ1) is 15.4. The summed E-state index contributed by atoms with van der Waals surface area (Å²) in [6, 6.07) is 15.2. The van der Waals surface area contributed by atoms with Gasteiger partial charge in [0.05, 0.1) is 5.69 Å². The molecule has 32 heavy (non-hydrogen) atoms. The third-order valence-electron chi connectivity index (χ3n) is 5.85. The summed E-state index contributed by atoms with van der Waals surface area (Å²) in [5, 5.41) is 1.42. The van der Waals surface area contributed by atoms with Gasteiger partial charge in [0.15, 0.2) is 0 Å². The second kappa shape index (κ2) is 8.20. The van der Waals surface area contributed by atoms with Gasteiger partial charge in [-0.2, -0.15) is 0 Å². The Balaban J connectivity index is 1.72. The van der Waals surface area contributed by atoms with Gasteiger partial charge in [-0.1, -0.05) is 48.0 Å². The number of aromatic nitrogens is 1. The van der Waals surface area contributed by atoms with Crippen LogP contribution in [-0.4, -0.2) is 29.4 Å². The van der Waals surface area contributed by atoms with Crippen molar-refractivity contribution in [2.24, 2.45) is 0 Å². The number of halogens is 1. The zero-order chi connectivity index (χ0) is 22.4. The number of carbonyl (C=O) groups is 1. The van der Waals surface area contributed by atoms with Crippen LogP contribution in [0.3, 0.4) is 0 Å². The summed E-state index contributed by atoms with van der Waals surface area (Å²) in [5.41, 5.74) is 11.9. The van der Waals surface area contributed by atoms with Crippen LogP contribution < -0.4 is 10.5 Å². The minimum absolute atomic E-state index is 0.361. The third-order valence-corrected chi connectivity index (χ3v) is 7.26. The Labute approximate surface area is 195 Å². The van der Waals surface area contributed by atoms with E-state index in [0.29, 0.717) is 21.3 Å². The zero-order valence-corrected chi connectivity index (χ0v) is 19.4. The number of anilines is 1. The Morgan fingerprint density at radius 1 is 1.19 bits per heavy atom. The SMILES string of the molecule is Cc1ccccc1OC(=O)c1sc2nc3c(c(-c4ccccc4Cl)c2c1N)CN(C)CC3. The molecular formula is C25H22ClN3O2S. The van der Waals surface area contributed by atoms with Gasteiger partial charge in [-0.25, -0.2) is 9.78 Å². The summed E-state index contributed by atoms with van der Waals surface area (Å²) in [6.07, 6.45) is 0.833. The van der Waals surface area contributed by atoms with Gasteiger partial charge in [-0.3, -0.25) is 0 Å². The van der Waals surface area contributed by atoms with Crippen LogP contribution >= 0.6 is 22.9 Å². The molecule has 5 nitrogen and oxygen atoms in total. The lowest BCUT2D eigenvalue weighted by molar-refractivity contribution is 0.0739. The van der Waals surface area contributed by atoms with E-state index < -0.39 is 5.97 Å². The van der Waals surface area contributed by atoms with Gasteiger partial charge in [-0.05, 0) is 37.2 Å². The number of carbonyl (C=O) groups excluding carboxylic acids is 1. The second-order valence-corrected chi connectivity index (χ2v) is 9.47. The van der Waals surface area contributed by atoms with Crippen LogP contribution in [0.5, 0.6) is 5.75 Å². The number of nitrogen functional groups attached to an aromatic ring is 1. The zero-order valence-electron chi connectivity index (χ0n) is 17.8. The molecule has 0 radical (unpaired) electrons. The van der Waals surface area contributed by atoms with Gasteiger partial charge >= 0.3 is 5.97 Å². The highest BCUT2D eigenvalue weighted by molar-refractivity contribution is 7.21. The Bertz CT molecular complexity index is 1370. The molecule has 2 aromatic heterocycles. The number of pyridine rings is 1. The fourth-order valence-electron chi connectivity index (χ4n) is 4.19. The molecule has 4 aromatic rings. The van der Waals surface area contributed by atoms with Crippen LogP contribution in [-0.2, 0) is 13.0 Å². The molecule has 2 aromatic carbocycles. The second-order valence-electron chi connectivity index (χ2n) is 8.06.